The van der Waals surface area contributed by atoms with E-state index in [-0.39, 0.29) is 32.4 Å². The molecule has 9 nitrogen and oxygen atoms in total. The Bertz CT molecular complexity index is 1390. The molecule has 0 atom stereocenters. The number of rotatable bonds is 6. The van der Waals surface area contributed by atoms with E-state index in [4.69, 9.17) is 11.6 Å². The van der Waals surface area contributed by atoms with E-state index in [0.29, 0.717) is 11.3 Å². The van der Waals surface area contributed by atoms with E-state index in [0.717, 1.165) is 6.26 Å². The standard InChI is InChI=1S/C22H18ClN3O6S/c1-13-6-7-15(11-20(13)26(29)30)21(27)24-16-8-9-19(18(23)12-16)25-22(28)14-4-3-5-17(10-14)33(2,31)32/h3-12H,1-2H3,(H,24,27)(H,25,28). The first-order valence-electron chi connectivity index (χ1n) is 9.43. The Morgan fingerprint density at radius 3 is 2.24 bits per heavy atom. The van der Waals surface area contributed by atoms with Gasteiger partial charge in [0, 0.05) is 34.7 Å². The molecule has 11 heteroatoms. The highest BCUT2D eigenvalue weighted by atomic mass is 35.5. The van der Waals surface area contributed by atoms with Gasteiger partial charge in [0.25, 0.3) is 17.5 Å². The summed E-state index contributed by atoms with van der Waals surface area (Å²) in [5.74, 6) is -1.13. The van der Waals surface area contributed by atoms with E-state index in [1.54, 1.807) is 6.92 Å². The van der Waals surface area contributed by atoms with Crippen LogP contribution in [0.15, 0.2) is 65.6 Å². The van der Waals surface area contributed by atoms with Crippen molar-refractivity contribution in [1.82, 2.24) is 0 Å². The van der Waals surface area contributed by atoms with Crippen molar-refractivity contribution in [3.05, 3.63) is 92.5 Å². The number of hydrogen-bond donors (Lipinski definition) is 2. The van der Waals surface area contributed by atoms with Crippen molar-refractivity contribution in [3.63, 3.8) is 0 Å². The summed E-state index contributed by atoms with van der Waals surface area (Å²) < 4.78 is 23.4. The zero-order valence-electron chi connectivity index (χ0n) is 17.5. The maximum atomic E-state index is 12.5. The van der Waals surface area contributed by atoms with Gasteiger partial charge >= 0.3 is 0 Å². The minimum Gasteiger partial charge on any atom is -0.322 e. The third-order valence-electron chi connectivity index (χ3n) is 4.67. The molecule has 0 aliphatic rings. The highest BCUT2D eigenvalue weighted by molar-refractivity contribution is 7.90. The monoisotopic (exact) mass is 487 g/mol. The number of carbonyl (C=O) groups is 2. The molecule has 2 amide bonds. The quantitative estimate of drug-likeness (QED) is 0.389. The summed E-state index contributed by atoms with van der Waals surface area (Å²) in [5.41, 5.74) is 1.06. The second-order valence-electron chi connectivity index (χ2n) is 7.16. The van der Waals surface area contributed by atoms with Crippen LogP contribution >= 0.6 is 11.6 Å². The van der Waals surface area contributed by atoms with Gasteiger partial charge in [-0.15, -0.1) is 0 Å². The molecule has 2 N–H and O–H groups in total. The minimum atomic E-state index is -3.47. The number of nitro benzene ring substituents is 1. The lowest BCUT2D eigenvalue weighted by Gasteiger charge is -2.11. The average molecular weight is 488 g/mol. The van der Waals surface area contributed by atoms with Crippen molar-refractivity contribution in [2.45, 2.75) is 11.8 Å². The molecule has 0 unspecified atom stereocenters. The number of hydrogen-bond acceptors (Lipinski definition) is 6. The molecule has 0 heterocycles. The molecule has 0 saturated carbocycles. The van der Waals surface area contributed by atoms with Crippen LogP contribution in [0, 0.1) is 17.0 Å². The molecule has 170 valence electrons. The number of nitrogens with zero attached hydrogens (tertiary/aromatic N) is 1. The summed E-state index contributed by atoms with van der Waals surface area (Å²) in [6, 6.07) is 14.1. The fourth-order valence-electron chi connectivity index (χ4n) is 2.91. The van der Waals surface area contributed by atoms with E-state index >= 15 is 0 Å². The van der Waals surface area contributed by atoms with Gasteiger partial charge in [0.15, 0.2) is 9.84 Å². The van der Waals surface area contributed by atoms with Gasteiger partial charge in [-0.05, 0) is 49.4 Å². The summed E-state index contributed by atoms with van der Waals surface area (Å²) in [6.45, 7) is 1.57. The van der Waals surface area contributed by atoms with Crippen LogP contribution in [-0.2, 0) is 9.84 Å². The Kier molecular flexibility index (Phi) is 6.80. The molecule has 0 aromatic heterocycles. The Morgan fingerprint density at radius 2 is 1.61 bits per heavy atom. The molecule has 0 aliphatic carbocycles. The van der Waals surface area contributed by atoms with Crippen LogP contribution in [0.4, 0.5) is 17.1 Å². The fourth-order valence-corrected chi connectivity index (χ4v) is 3.80. The number of nitrogens with one attached hydrogen (secondary N) is 2. The van der Waals surface area contributed by atoms with Crippen LogP contribution in [0.1, 0.15) is 26.3 Å². The predicted molar refractivity (Wildman–Crippen MR) is 125 cm³/mol. The van der Waals surface area contributed by atoms with E-state index < -0.39 is 26.6 Å². The number of amides is 2. The minimum absolute atomic E-state index is 0.00986. The Labute approximate surface area is 194 Å². The third-order valence-corrected chi connectivity index (χ3v) is 6.09. The molecule has 33 heavy (non-hydrogen) atoms. The number of carbonyl (C=O) groups excluding carboxylic acids is 2. The zero-order valence-corrected chi connectivity index (χ0v) is 19.0. The number of benzene rings is 3. The van der Waals surface area contributed by atoms with Gasteiger partial charge in [-0.25, -0.2) is 8.42 Å². The average Bonchev–Trinajstić information content (AvgIpc) is 2.75. The normalized spacial score (nSPS) is 11.0. The molecule has 3 aromatic carbocycles. The van der Waals surface area contributed by atoms with Crippen molar-refractivity contribution in [3.8, 4) is 0 Å². The molecule has 0 fully saturated rings. The van der Waals surface area contributed by atoms with Gasteiger partial charge in [0.1, 0.15) is 0 Å². The molecular weight excluding hydrogens is 470 g/mol. The smallest absolute Gasteiger partial charge is 0.273 e. The second kappa shape index (κ2) is 9.39. The molecule has 0 bridgehead atoms. The molecule has 0 saturated heterocycles. The van der Waals surface area contributed by atoms with Gasteiger partial charge < -0.3 is 10.6 Å². The molecule has 0 radical (unpaired) electrons. The summed E-state index contributed by atoms with van der Waals surface area (Å²) in [7, 11) is -3.47. The third kappa shape index (κ3) is 5.73. The van der Waals surface area contributed by atoms with Crippen LogP contribution < -0.4 is 10.6 Å². The first-order chi connectivity index (χ1) is 15.5. The summed E-state index contributed by atoms with van der Waals surface area (Å²) in [5, 5.41) is 16.4. The van der Waals surface area contributed by atoms with Crippen molar-refractivity contribution in [2.24, 2.45) is 0 Å². The highest BCUT2D eigenvalue weighted by Gasteiger charge is 2.16. The van der Waals surface area contributed by atoms with E-state index in [1.165, 1.54) is 60.7 Å². The highest BCUT2D eigenvalue weighted by Crippen LogP contribution is 2.27. The summed E-state index contributed by atoms with van der Waals surface area (Å²) in [4.78, 5) is 35.5. The first-order valence-corrected chi connectivity index (χ1v) is 11.7. The van der Waals surface area contributed by atoms with Crippen LogP contribution in [0.25, 0.3) is 0 Å². The maximum absolute atomic E-state index is 12.5. The molecular formula is C22H18ClN3O6S. The van der Waals surface area contributed by atoms with Gasteiger partial charge in [0.05, 0.1) is 20.5 Å². The lowest BCUT2D eigenvalue weighted by molar-refractivity contribution is -0.385. The number of anilines is 2. The Balaban J connectivity index is 1.75. The van der Waals surface area contributed by atoms with E-state index in [9.17, 15) is 28.1 Å². The summed E-state index contributed by atoms with van der Waals surface area (Å²) in [6.07, 6.45) is 1.04. The van der Waals surface area contributed by atoms with Crippen LogP contribution in [-0.4, -0.2) is 31.4 Å². The van der Waals surface area contributed by atoms with Gasteiger partial charge in [-0.1, -0.05) is 23.7 Å². The first kappa shape index (κ1) is 23.9. The fraction of sp³-hybridized carbons (Fsp3) is 0.0909. The van der Waals surface area contributed by atoms with Crippen LogP contribution in [0.3, 0.4) is 0 Å². The van der Waals surface area contributed by atoms with Crippen molar-refractivity contribution in [2.75, 3.05) is 16.9 Å². The molecule has 0 spiro atoms. The number of sulfone groups is 1. The molecule has 3 rings (SSSR count). The molecule has 0 aliphatic heterocycles. The SMILES string of the molecule is Cc1ccc(C(=O)Nc2ccc(NC(=O)c3cccc(S(C)(=O)=O)c3)c(Cl)c2)cc1[N+](=O)[O-]. The van der Waals surface area contributed by atoms with E-state index in [2.05, 4.69) is 10.6 Å². The lowest BCUT2D eigenvalue weighted by atomic mass is 10.1. The summed E-state index contributed by atoms with van der Waals surface area (Å²) >= 11 is 6.23. The van der Waals surface area contributed by atoms with Crippen molar-refractivity contribution in [1.29, 1.82) is 0 Å². The zero-order chi connectivity index (χ0) is 24.3. The topological polar surface area (TPSA) is 135 Å². The lowest BCUT2D eigenvalue weighted by Crippen LogP contribution is -2.14. The van der Waals surface area contributed by atoms with Gasteiger partial charge in [-0.3, -0.25) is 19.7 Å². The maximum Gasteiger partial charge on any atom is 0.273 e. The second-order valence-corrected chi connectivity index (χ2v) is 9.58. The van der Waals surface area contributed by atoms with Crippen LogP contribution in [0.2, 0.25) is 5.02 Å². The van der Waals surface area contributed by atoms with Gasteiger partial charge in [0.2, 0.25) is 0 Å². The van der Waals surface area contributed by atoms with Crippen molar-refractivity contribution >= 4 is 50.3 Å². The largest absolute Gasteiger partial charge is 0.322 e. The van der Waals surface area contributed by atoms with Crippen molar-refractivity contribution < 1.29 is 22.9 Å². The molecule has 3 aromatic rings. The van der Waals surface area contributed by atoms with Crippen LogP contribution in [0.5, 0.6) is 0 Å². The number of aryl methyl sites for hydroxylation is 1. The van der Waals surface area contributed by atoms with E-state index in [1.807, 2.05) is 0 Å². The Hall–Kier alpha value is -3.76. The predicted octanol–water partition coefficient (Wildman–Crippen LogP) is 4.46. The number of nitro groups is 1. The Morgan fingerprint density at radius 1 is 0.939 bits per heavy atom. The van der Waals surface area contributed by atoms with Gasteiger partial charge in [-0.2, -0.15) is 0 Å². The number of halogens is 1.